The quantitative estimate of drug-likeness (QED) is 0.507. The minimum atomic E-state index is 0.139. The molecule has 0 atom stereocenters. The second-order valence-corrected chi connectivity index (χ2v) is 8.04. The van der Waals surface area contributed by atoms with Gasteiger partial charge in [-0.3, -0.25) is 0 Å². The maximum absolute atomic E-state index is 9.67. The van der Waals surface area contributed by atoms with Crippen molar-refractivity contribution in [2.45, 2.75) is 20.8 Å². The summed E-state index contributed by atoms with van der Waals surface area (Å²) in [5.41, 5.74) is 12.4. The molecule has 3 aromatic rings. The molecule has 146 valence electrons. The Hall–Kier alpha value is -3.61. The number of anilines is 1. The maximum atomic E-state index is 9.67. The van der Waals surface area contributed by atoms with Crippen LogP contribution in [0.3, 0.4) is 0 Å². The van der Waals surface area contributed by atoms with Crippen LogP contribution in [0.2, 0.25) is 0 Å². The molecule has 2 heterocycles. The zero-order chi connectivity index (χ0) is 21.6. The molecule has 30 heavy (non-hydrogen) atoms. The predicted octanol–water partition coefficient (Wildman–Crippen LogP) is 6.03. The molecule has 0 saturated heterocycles. The first-order valence-corrected chi connectivity index (χ1v) is 10.0. The number of rotatable bonds is 2. The lowest BCUT2D eigenvalue weighted by atomic mass is 9.96. The zero-order valence-corrected chi connectivity index (χ0v) is 18.3. The Morgan fingerprint density at radius 2 is 1.87 bits per heavy atom. The molecule has 2 aromatic heterocycles. The van der Waals surface area contributed by atoms with Crippen molar-refractivity contribution >= 4 is 39.0 Å². The van der Waals surface area contributed by atoms with Gasteiger partial charge in [0.2, 0.25) is 0 Å². The number of pyridine rings is 1. The van der Waals surface area contributed by atoms with Gasteiger partial charge in [0.1, 0.15) is 29.5 Å². The van der Waals surface area contributed by atoms with E-state index >= 15 is 0 Å². The molecule has 2 N–H and O–H groups in total. The molecule has 0 saturated carbocycles. The van der Waals surface area contributed by atoms with E-state index < -0.39 is 0 Å². The number of aromatic nitrogens is 1. The number of allylic oxidation sites excluding steroid dienone is 3. The van der Waals surface area contributed by atoms with E-state index in [0.717, 1.165) is 38.1 Å². The van der Waals surface area contributed by atoms with Gasteiger partial charge in [0, 0.05) is 15.6 Å². The minimum absolute atomic E-state index is 0.139. The summed E-state index contributed by atoms with van der Waals surface area (Å²) in [6, 6.07) is 14.2. The Kier molecular flexibility index (Phi) is 4.81. The predicted molar refractivity (Wildman–Crippen MR) is 121 cm³/mol. The van der Waals surface area contributed by atoms with Crippen LogP contribution in [0.5, 0.6) is 0 Å². The highest BCUT2D eigenvalue weighted by Gasteiger charge is 2.29. The van der Waals surface area contributed by atoms with Crippen molar-refractivity contribution in [3.05, 3.63) is 74.1 Å². The number of nitriles is 2. The fourth-order valence-corrected chi connectivity index (χ4v) is 4.42. The van der Waals surface area contributed by atoms with Crippen LogP contribution in [0.4, 0.5) is 5.82 Å². The van der Waals surface area contributed by atoms with Crippen molar-refractivity contribution in [3.8, 4) is 23.5 Å². The van der Waals surface area contributed by atoms with E-state index in [4.69, 9.17) is 10.2 Å². The van der Waals surface area contributed by atoms with Crippen LogP contribution >= 0.6 is 15.9 Å². The molecule has 6 heteroatoms. The highest BCUT2D eigenvalue weighted by atomic mass is 79.9. The second kappa shape index (κ2) is 7.33. The molecule has 0 unspecified atom stereocenters. The average molecular weight is 457 g/mol. The number of nitrogen functional groups attached to an aromatic ring is 1. The molecular weight excluding hydrogens is 440 g/mol. The lowest BCUT2D eigenvalue weighted by Gasteiger charge is -2.10. The van der Waals surface area contributed by atoms with Crippen LogP contribution < -0.4 is 5.73 Å². The molecule has 0 bridgehead atoms. The van der Waals surface area contributed by atoms with Gasteiger partial charge in [0.15, 0.2) is 0 Å². The molecule has 0 radical (unpaired) electrons. The lowest BCUT2D eigenvalue weighted by Crippen LogP contribution is -2.03. The maximum Gasteiger partial charge on any atom is 0.142 e. The normalized spacial score (nSPS) is 14.0. The average Bonchev–Trinajstić information content (AvgIpc) is 3.25. The molecule has 0 spiro atoms. The Labute approximate surface area is 182 Å². The van der Waals surface area contributed by atoms with Crippen molar-refractivity contribution in [2.24, 2.45) is 0 Å². The summed E-state index contributed by atoms with van der Waals surface area (Å²) in [4.78, 5) is 4.35. The molecular formula is C24H17BrN4O. The standard InChI is InChI=1S/C24H17BrN4O/c1-12-4-6-16(20(25)8-12)21-7-5-15(30-21)9-17-13(2)18(10-26)23-22(17)14(3)19(11-27)24(28)29-23/h4-9H,1-3H3,(H2,28,29). The molecule has 0 fully saturated rings. The van der Waals surface area contributed by atoms with Crippen LogP contribution in [0.15, 0.2) is 44.8 Å². The molecule has 1 aromatic carbocycles. The van der Waals surface area contributed by atoms with Crippen LogP contribution in [0.25, 0.3) is 28.5 Å². The smallest absolute Gasteiger partial charge is 0.142 e. The van der Waals surface area contributed by atoms with Crippen molar-refractivity contribution in [1.82, 2.24) is 4.98 Å². The van der Waals surface area contributed by atoms with Gasteiger partial charge in [-0.05, 0) is 73.4 Å². The first-order valence-electron chi connectivity index (χ1n) is 9.26. The fourth-order valence-electron chi connectivity index (χ4n) is 3.73. The number of hydrogen-bond acceptors (Lipinski definition) is 5. The summed E-state index contributed by atoms with van der Waals surface area (Å²) >= 11 is 3.59. The summed E-state index contributed by atoms with van der Waals surface area (Å²) in [5, 5.41) is 19.2. The topological polar surface area (TPSA) is 99.6 Å². The number of benzene rings is 1. The van der Waals surface area contributed by atoms with Gasteiger partial charge in [0.05, 0.1) is 16.8 Å². The molecule has 0 aliphatic heterocycles. The molecule has 1 aliphatic carbocycles. The van der Waals surface area contributed by atoms with Crippen LogP contribution in [-0.2, 0) is 0 Å². The van der Waals surface area contributed by atoms with Gasteiger partial charge in [-0.2, -0.15) is 10.5 Å². The van der Waals surface area contributed by atoms with E-state index in [0.29, 0.717) is 28.2 Å². The van der Waals surface area contributed by atoms with E-state index in [-0.39, 0.29) is 5.82 Å². The van der Waals surface area contributed by atoms with Crippen LogP contribution in [0.1, 0.15) is 40.6 Å². The van der Waals surface area contributed by atoms with Crippen molar-refractivity contribution in [3.63, 3.8) is 0 Å². The van der Waals surface area contributed by atoms with Crippen LogP contribution in [-0.4, -0.2) is 4.98 Å². The summed E-state index contributed by atoms with van der Waals surface area (Å²) in [5.74, 6) is 1.52. The van der Waals surface area contributed by atoms with E-state index in [1.165, 1.54) is 0 Å². The Morgan fingerprint density at radius 3 is 2.53 bits per heavy atom. The monoisotopic (exact) mass is 456 g/mol. The molecule has 1 aliphatic rings. The van der Waals surface area contributed by atoms with Crippen LogP contribution in [0, 0.1) is 36.5 Å². The molecule has 4 rings (SSSR count). The van der Waals surface area contributed by atoms with Crippen molar-refractivity contribution in [2.75, 3.05) is 5.73 Å². The first-order chi connectivity index (χ1) is 14.3. The van der Waals surface area contributed by atoms with E-state index in [1.54, 1.807) is 0 Å². The number of aryl methyl sites for hydroxylation is 1. The van der Waals surface area contributed by atoms with E-state index in [1.807, 2.05) is 57.2 Å². The SMILES string of the molecule is CC1=C(C#N)c2nc(N)c(C#N)c(C)c2C1=Cc1ccc(-c2ccc(C)cc2Br)o1. The van der Waals surface area contributed by atoms with Gasteiger partial charge >= 0.3 is 0 Å². The van der Waals surface area contributed by atoms with Crippen molar-refractivity contribution < 1.29 is 4.42 Å². The second-order valence-electron chi connectivity index (χ2n) is 7.19. The molecule has 5 nitrogen and oxygen atoms in total. The minimum Gasteiger partial charge on any atom is -0.457 e. The number of furan rings is 1. The number of halogens is 1. The summed E-state index contributed by atoms with van der Waals surface area (Å²) < 4.78 is 7.04. The summed E-state index contributed by atoms with van der Waals surface area (Å²) in [6.07, 6.45) is 1.89. The van der Waals surface area contributed by atoms with Gasteiger partial charge in [0.25, 0.3) is 0 Å². The number of nitrogens with two attached hydrogens (primary N) is 1. The third-order valence-corrected chi connectivity index (χ3v) is 5.94. The third-order valence-electron chi connectivity index (χ3n) is 5.29. The lowest BCUT2D eigenvalue weighted by molar-refractivity contribution is 0.571. The number of hydrogen-bond donors (Lipinski definition) is 1. The summed E-state index contributed by atoms with van der Waals surface area (Å²) in [7, 11) is 0. The Balaban J connectivity index is 1.87. The fraction of sp³-hybridized carbons (Fsp3) is 0.125. The van der Waals surface area contributed by atoms with Crippen molar-refractivity contribution in [1.29, 1.82) is 10.5 Å². The Bertz CT molecular complexity index is 1360. The Morgan fingerprint density at radius 1 is 1.10 bits per heavy atom. The largest absolute Gasteiger partial charge is 0.457 e. The van der Waals surface area contributed by atoms with Gasteiger partial charge < -0.3 is 10.2 Å². The van der Waals surface area contributed by atoms with Gasteiger partial charge in [-0.1, -0.05) is 22.0 Å². The zero-order valence-electron chi connectivity index (χ0n) is 16.7. The summed E-state index contributed by atoms with van der Waals surface area (Å²) in [6.45, 7) is 5.73. The van der Waals surface area contributed by atoms with E-state index in [2.05, 4.69) is 33.1 Å². The highest BCUT2D eigenvalue weighted by molar-refractivity contribution is 9.10. The number of nitrogens with zero attached hydrogens (tertiary/aromatic N) is 3. The van der Waals surface area contributed by atoms with E-state index in [9.17, 15) is 10.5 Å². The number of fused-ring (bicyclic) bond motifs is 1. The van der Waals surface area contributed by atoms with Gasteiger partial charge in [-0.25, -0.2) is 4.98 Å². The van der Waals surface area contributed by atoms with Gasteiger partial charge in [-0.15, -0.1) is 0 Å². The third kappa shape index (κ3) is 3.03. The highest BCUT2D eigenvalue weighted by Crippen LogP contribution is 2.44. The first kappa shape index (κ1) is 19.7. The molecule has 0 amide bonds.